The zero-order valence-electron chi connectivity index (χ0n) is 20.8. The maximum Gasteiger partial charge on any atom is 0.387 e. The lowest BCUT2D eigenvalue weighted by Crippen LogP contribution is -2.52. The molecule has 0 spiro atoms. The maximum atomic E-state index is 13.2. The molecule has 39 heavy (non-hydrogen) atoms. The van der Waals surface area contributed by atoms with Gasteiger partial charge >= 0.3 is 12.6 Å². The van der Waals surface area contributed by atoms with Crippen LogP contribution >= 0.6 is 0 Å². The van der Waals surface area contributed by atoms with Crippen LogP contribution < -0.4 is 20.5 Å². The molecule has 3 aliphatic heterocycles. The van der Waals surface area contributed by atoms with E-state index < -0.39 is 6.61 Å². The number of fused-ring (bicyclic) bond motifs is 4. The lowest BCUT2D eigenvalue weighted by atomic mass is 10.0. The van der Waals surface area contributed by atoms with Crippen molar-refractivity contribution in [2.24, 2.45) is 0 Å². The van der Waals surface area contributed by atoms with Gasteiger partial charge in [0.15, 0.2) is 0 Å². The van der Waals surface area contributed by atoms with E-state index in [1.807, 2.05) is 21.7 Å². The summed E-state index contributed by atoms with van der Waals surface area (Å²) < 4.78 is 34.5. The van der Waals surface area contributed by atoms with Crippen LogP contribution in [-0.2, 0) is 6.54 Å². The number of urea groups is 1. The molecule has 2 amide bonds. The standard InChI is InChI=1S/C27H25F2N7O3/c28-25(29)39-23-4-2-1-3-19(23)21-7-8-35-24(37)20-6-5-16(11-22(20)36(21)35)17-12-30-26(31-13-17)33-9-10-34-18(15-33)14-32-27(34)38/h1-6,11-13,18,21,25H,7-10,14-15H2,(H,32,38)/t18-,21-/m0/s1. The van der Waals surface area contributed by atoms with Crippen molar-refractivity contribution >= 4 is 22.9 Å². The number of nitrogens with one attached hydrogen (secondary N) is 1. The summed E-state index contributed by atoms with van der Waals surface area (Å²) in [5.41, 5.74) is 2.84. The Labute approximate surface area is 221 Å². The van der Waals surface area contributed by atoms with Gasteiger partial charge in [0.2, 0.25) is 5.95 Å². The minimum atomic E-state index is -2.94. The van der Waals surface area contributed by atoms with Gasteiger partial charge in [0.05, 0.1) is 23.0 Å². The van der Waals surface area contributed by atoms with Crippen LogP contribution in [0.3, 0.4) is 0 Å². The molecule has 10 nitrogen and oxygen atoms in total. The molecule has 2 aromatic heterocycles. The molecule has 3 aliphatic rings. The normalized spacial score (nSPS) is 20.4. The fourth-order valence-corrected chi connectivity index (χ4v) is 6.03. The number of piperazine rings is 1. The van der Waals surface area contributed by atoms with E-state index in [1.165, 1.54) is 6.07 Å². The van der Waals surface area contributed by atoms with E-state index >= 15 is 0 Å². The Balaban J connectivity index is 1.21. The maximum absolute atomic E-state index is 13.2. The van der Waals surface area contributed by atoms with Crippen LogP contribution in [0.4, 0.5) is 19.5 Å². The molecular weight excluding hydrogens is 508 g/mol. The third-order valence-corrected chi connectivity index (χ3v) is 7.86. The Kier molecular flexibility index (Phi) is 5.49. The van der Waals surface area contributed by atoms with Gasteiger partial charge in [-0.3, -0.25) is 9.48 Å². The highest BCUT2D eigenvalue weighted by atomic mass is 19.3. The first-order valence-corrected chi connectivity index (χ1v) is 12.9. The third kappa shape index (κ3) is 3.89. The molecule has 7 rings (SSSR count). The average Bonchev–Trinajstić information content (AvgIpc) is 3.63. The number of hydrogen-bond donors (Lipinski definition) is 1. The van der Waals surface area contributed by atoms with Gasteiger partial charge in [-0.2, -0.15) is 8.78 Å². The first-order chi connectivity index (χ1) is 19.0. The number of halogens is 2. The van der Waals surface area contributed by atoms with Crippen LogP contribution in [0.25, 0.3) is 22.0 Å². The lowest BCUT2D eigenvalue weighted by Gasteiger charge is -2.36. The molecule has 1 N–H and O–H groups in total. The predicted molar refractivity (Wildman–Crippen MR) is 139 cm³/mol. The van der Waals surface area contributed by atoms with E-state index in [2.05, 4.69) is 20.2 Å². The van der Waals surface area contributed by atoms with Crippen molar-refractivity contribution in [3.05, 3.63) is 70.8 Å². The number of carbonyl (C=O) groups excluding carboxylic acids is 1. The molecule has 0 unspecified atom stereocenters. The van der Waals surface area contributed by atoms with Crippen molar-refractivity contribution in [3.8, 4) is 16.9 Å². The Bertz CT molecular complexity index is 1630. The van der Waals surface area contributed by atoms with Gasteiger partial charge in [0.25, 0.3) is 5.56 Å². The molecule has 2 fully saturated rings. The molecule has 4 aromatic rings. The van der Waals surface area contributed by atoms with Crippen LogP contribution in [0.2, 0.25) is 0 Å². The highest BCUT2D eigenvalue weighted by molar-refractivity contribution is 5.85. The molecule has 0 radical (unpaired) electrons. The smallest absolute Gasteiger partial charge is 0.387 e. The summed E-state index contributed by atoms with van der Waals surface area (Å²) in [6.07, 6.45) is 4.11. The van der Waals surface area contributed by atoms with E-state index in [0.29, 0.717) is 61.6 Å². The zero-order valence-corrected chi connectivity index (χ0v) is 20.8. The molecule has 0 bridgehead atoms. The van der Waals surface area contributed by atoms with Crippen molar-refractivity contribution < 1.29 is 18.3 Å². The first kappa shape index (κ1) is 23.6. The van der Waals surface area contributed by atoms with Crippen LogP contribution in [-0.4, -0.2) is 69.1 Å². The Morgan fingerprint density at radius 1 is 1.00 bits per heavy atom. The molecule has 2 saturated heterocycles. The number of rotatable bonds is 5. The van der Waals surface area contributed by atoms with Crippen molar-refractivity contribution in [1.29, 1.82) is 0 Å². The second-order valence-electron chi connectivity index (χ2n) is 9.98. The number of anilines is 1. The Morgan fingerprint density at radius 2 is 1.82 bits per heavy atom. The summed E-state index contributed by atoms with van der Waals surface area (Å²) in [6.45, 7) is 0.110. The van der Waals surface area contributed by atoms with E-state index in [-0.39, 0.29) is 29.4 Å². The number of benzene rings is 2. The number of aromatic nitrogens is 4. The summed E-state index contributed by atoms with van der Waals surface area (Å²) in [5, 5.41) is 3.44. The third-order valence-electron chi connectivity index (χ3n) is 7.86. The van der Waals surface area contributed by atoms with Gasteiger partial charge in [-0.1, -0.05) is 24.3 Å². The minimum Gasteiger partial charge on any atom is -0.434 e. The number of alkyl halides is 2. The van der Waals surface area contributed by atoms with Crippen LogP contribution in [0.1, 0.15) is 18.0 Å². The molecule has 2 aromatic carbocycles. The molecule has 5 heterocycles. The van der Waals surface area contributed by atoms with Gasteiger partial charge in [0.1, 0.15) is 5.75 Å². The first-order valence-electron chi connectivity index (χ1n) is 12.9. The second kappa shape index (κ2) is 9.07. The van der Waals surface area contributed by atoms with Crippen molar-refractivity contribution in [2.45, 2.75) is 31.7 Å². The zero-order chi connectivity index (χ0) is 26.7. The number of carbonyl (C=O) groups is 1. The fourth-order valence-electron chi connectivity index (χ4n) is 6.03. The second-order valence-corrected chi connectivity index (χ2v) is 9.98. The van der Waals surface area contributed by atoms with Crippen LogP contribution in [0, 0.1) is 0 Å². The largest absolute Gasteiger partial charge is 0.434 e. The van der Waals surface area contributed by atoms with Crippen molar-refractivity contribution in [3.63, 3.8) is 0 Å². The van der Waals surface area contributed by atoms with Gasteiger partial charge in [-0.05, 0) is 30.2 Å². The van der Waals surface area contributed by atoms with Crippen LogP contribution in [0.5, 0.6) is 5.75 Å². The highest BCUT2D eigenvalue weighted by Crippen LogP contribution is 2.37. The Hall–Kier alpha value is -4.48. The van der Waals surface area contributed by atoms with Gasteiger partial charge < -0.3 is 19.9 Å². The van der Waals surface area contributed by atoms with E-state index in [0.717, 1.165) is 11.1 Å². The minimum absolute atomic E-state index is 0.0187. The summed E-state index contributed by atoms with van der Waals surface area (Å²) in [6, 6.07) is 12.1. The highest BCUT2D eigenvalue weighted by Gasteiger charge is 2.36. The van der Waals surface area contributed by atoms with Gasteiger partial charge in [0, 0.05) is 56.2 Å². The number of hydrogen-bond acceptors (Lipinski definition) is 6. The molecule has 2 atom stereocenters. The fraction of sp³-hybridized carbons (Fsp3) is 0.333. The number of nitrogens with zero attached hydrogens (tertiary/aromatic N) is 6. The van der Waals surface area contributed by atoms with Crippen LogP contribution in [0.15, 0.2) is 59.7 Å². The topological polar surface area (TPSA) is 97.5 Å². The van der Waals surface area contributed by atoms with Crippen molar-refractivity contribution in [1.82, 2.24) is 29.5 Å². The van der Waals surface area contributed by atoms with Gasteiger partial charge in [-0.15, -0.1) is 0 Å². The van der Waals surface area contributed by atoms with Crippen molar-refractivity contribution in [2.75, 3.05) is 31.1 Å². The lowest BCUT2D eigenvalue weighted by molar-refractivity contribution is -0.0507. The molecule has 12 heteroatoms. The number of para-hydroxylation sites is 1. The summed E-state index contributed by atoms with van der Waals surface area (Å²) in [5.74, 6) is 0.717. The Morgan fingerprint density at radius 3 is 2.64 bits per heavy atom. The summed E-state index contributed by atoms with van der Waals surface area (Å²) >= 11 is 0. The predicted octanol–water partition coefficient (Wildman–Crippen LogP) is 3.07. The van der Waals surface area contributed by atoms with Gasteiger partial charge in [-0.25, -0.2) is 19.4 Å². The summed E-state index contributed by atoms with van der Waals surface area (Å²) in [7, 11) is 0. The number of ether oxygens (including phenoxy) is 1. The number of amides is 2. The van der Waals surface area contributed by atoms with E-state index in [9.17, 15) is 18.4 Å². The molecule has 200 valence electrons. The summed E-state index contributed by atoms with van der Waals surface area (Å²) in [4.78, 5) is 38.2. The van der Waals surface area contributed by atoms with E-state index in [1.54, 1.807) is 41.3 Å². The molecule has 0 aliphatic carbocycles. The SMILES string of the molecule is O=C1NC[C@H]2CN(c3ncc(-c4ccc5c(=O)n6n(c5c4)[C@H](c4ccccc4OC(F)F)CC6)cn3)CCN12. The monoisotopic (exact) mass is 533 g/mol. The van der Waals surface area contributed by atoms with E-state index in [4.69, 9.17) is 4.74 Å². The molecular formula is C27H25F2N7O3. The average molecular weight is 534 g/mol. The quantitative estimate of drug-likeness (QED) is 0.424. The molecule has 0 saturated carbocycles.